The standard InChI is InChI=1S/C11H13N3OS/c1-8(2)14-10(3-5-12-14)13-11(15)9-4-6-16-7-9/h3-8H,1-2H3,(H,13,15). The predicted molar refractivity (Wildman–Crippen MR) is 64.9 cm³/mol. The quantitative estimate of drug-likeness (QED) is 0.889. The molecule has 5 heteroatoms. The van der Waals surface area contributed by atoms with Crippen LogP contribution in [0.3, 0.4) is 0 Å². The van der Waals surface area contributed by atoms with Gasteiger partial charge in [0.15, 0.2) is 0 Å². The Morgan fingerprint density at radius 1 is 1.50 bits per heavy atom. The largest absolute Gasteiger partial charge is 0.307 e. The Morgan fingerprint density at radius 3 is 2.94 bits per heavy atom. The second-order valence-electron chi connectivity index (χ2n) is 3.72. The first kappa shape index (κ1) is 10.9. The first-order chi connectivity index (χ1) is 7.68. The first-order valence-corrected chi connectivity index (χ1v) is 6.00. The lowest BCUT2D eigenvalue weighted by atomic mass is 10.3. The zero-order valence-corrected chi connectivity index (χ0v) is 9.99. The van der Waals surface area contributed by atoms with Gasteiger partial charge in [0.05, 0.1) is 11.8 Å². The molecule has 2 rings (SSSR count). The number of amides is 1. The van der Waals surface area contributed by atoms with Gasteiger partial charge in [-0.15, -0.1) is 0 Å². The molecular weight excluding hydrogens is 222 g/mol. The molecule has 0 aliphatic carbocycles. The summed E-state index contributed by atoms with van der Waals surface area (Å²) in [5.41, 5.74) is 0.682. The highest BCUT2D eigenvalue weighted by Gasteiger charge is 2.10. The molecule has 84 valence electrons. The van der Waals surface area contributed by atoms with Gasteiger partial charge >= 0.3 is 0 Å². The first-order valence-electron chi connectivity index (χ1n) is 5.05. The van der Waals surface area contributed by atoms with Gasteiger partial charge in [0, 0.05) is 17.5 Å². The van der Waals surface area contributed by atoms with E-state index >= 15 is 0 Å². The second-order valence-corrected chi connectivity index (χ2v) is 4.50. The average molecular weight is 235 g/mol. The van der Waals surface area contributed by atoms with E-state index in [0.717, 1.165) is 5.82 Å². The number of hydrogen-bond donors (Lipinski definition) is 1. The van der Waals surface area contributed by atoms with Crippen molar-refractivity contribution in [1.29, 1.82) is 0 Å². The van der Waals surface area contributed by atoms with Crippen molar-refractivity contribution in [2.24, 2.45) is 0 Å². The van der Waals surface area contributed by atoms with E-state index in [9.17, 15) is 4.79 Å². The fourth-order valence-corrected chi connectivity index (χ4v) is 2.04. The van der Waals surface area contributed by atoms with Crippen LogP contribution in [0.15, 0.2) is 29.1 Å². The Kier molecular flexibility index (Phi) is 3.05. The van der Waals surface area contributed by atoms with Crippen LogP contribution in [0.25, 0.3) is 0 Å². The normalized spacial score (nSPS) is 10.7. The average Bonchev–Trinajstić information content (AvgIpc) is 2.86. The third-order valence-electron chi connectivity index (χ3n) is 2.18. The monoisotopic (exact) mass is 235 g/mol. The van der Waals surface area contributed by atoms with Crippen LogP contribution < -0.4 is 5.32 Å². The summed E-state index contributed by atoms with van der Waals surface area (Å²) in [6.07, 6.45) is 1.68. The molecule has 0 bridgehead atoms. The molecule has 1 amide bonds. The third-order valence-corrected chi connectivity index (χ3v) is 2.87. The number of nitrogens with one attached hydrogen (secondary N) is 1. The summed E-state index contributed by atoms with van der Waals surface area (Å²) in [4.78, 5) is 11.8. The number of anilines is 1. The van der Waals surface area contributed by atoms with Crippen LogP contribution in [-0.2, 0) is 0 Å². The van der Waals surface area contributed by atoms with E-state index in [-0.39, 0.29) is 11.9 Å². The predicted octanol–water partition coefficient (Wildman–Crippen LogP) is 2.78. The van der Waals surface area contributed by atoms with Crippen molar-refractivity contribution in [3.8, 4) is 0 Å². The Bertz CT molecular complexity index is 473. The maximum Gasteiger partial charge on any atom is 0.257 e. The maximum atomic E-state index is 11.8. The van der Waals surface area contributed by atoms with Crippen molar-refractivity contribution in [2.75, 3.05) is 5.32 Å². The lowest BCUT2D eigenvalue weighted by molar-refractivity contribution is 0.102. The Balaban J connectivity index is 2.15. The van der Waals surface area contributed by atoms with Gasteiger partial charge in [-0.2, -0.15) is 16.4 Å². The molecule has 0 fully saturated rings. The van der Waals surface area contributed by atoms with E-state index in [0.29, 0.717) is 5.56 Å². The van der Waals surface area contributed by atoms with Crippen molar-refractivity contribution in [3.05, 3.63) is 34.7 Å². The van der Waals surface area contributed by atoms with Crippen LogP contribution in [0.2, 0.25) is 0 Å². The molecule has 2 heterocycles. The maximum absolute atomic E-state index is 11.8. The molecule has 0 saturated heterocycles. The van der Waals surface area contributed by atoms with E-state index in [1.54, 1.807) is 23.0 Å². The van der Waals surface area contributed by atoms with Crippen LogP contribution in [0.5, 0.6) is 0 Å². The van der Waals surface area contributed by atoms with Crippen LogP contribution in [0.1, 0.15) is 30.2 Å². The number of carbonyl (C=O) groups is 1. The summed E-state index contributed by atoms with van der Waals surface area (Å²) >= 11 is 1.51. The number of carbonyl (C=O) groups excluding carboxylic acids is 1. The molecule has 0 saturated carbocycles. The number of nitrogens with zero attached hydrogens (tertiary/aromatic N) is 2. The van der Waals surface area contributed by atoms with E-state index in [4.69, 9.17) is 0 Å². The summed E-state index contributed by atoms with van der Waals surface area (Å²) in [7, 11) is 0. The number of aromatic nitrogens is 2. The minimum Gasteiger partial charge on any atom is -0.307 e. The van der Waals surface area contributed by atoms with Gasteiger partial charge in [-0.1, -0.05) is 0 Å². The van der Waals surface area contributed by atoms with Crippen LogP contribution in [0, 0.1) is 0 Å². The zero-order valence-electron chi connectivity index (χ0n) is 9.18. The van der Waals surface area contributed by atoms with E-state index in [2.05, 4.69) is 10.4 Å². The minimum absolute atomic E-state index is 0.0938. The van der Waals surface area contributed by atoms with Crippen LogP contribution in [-0.4, -0.2) is 15.7 Å². The fraction of sp³-hybridized carbons (Fsp3) is 0.273. The molecule has 0 spiro atoms. The summed E-state index contributed by atoms with van der Waals surface area (Å²) in [6.45, 7) is 4.04. The van der Waals surface area contributed by atoms with Gasteiger partial charge < -0.3 is 5.32 Å². The molecule has 0 radical (unpaired) electrons. The smallest absolute Gasteiger partial charge is 0.257 e. The molecule has 2 aromatic heterocycles. The van der Waals surface area contributed by atoms with Gasteiger partial charge in [-0.05, 0) is 25.3 Å². The molecule has 0 aliphatic heterocycles. The van der Waals surface area contributed by atoms with Crippen LogP contribution in [0.4, 0.5) is 5.82 Å². The summed E-state index contributed by atoms with van der Waals surface area (Å²) in [5.74, 6) is 0.634. The summed E-state index contributed by atoms with van der Waals surface area (Å²) in [5, 5.41) is 10.7. The highest BCUT2D eigenvalue weighted by molar-refractivity contribution is 7.08. The number of rotatable bonds is 3. The van der Waals surface area contributed by atoms with Crippen molar-refractivity contribution < 1.29 is 4.79 Å². The Labute approximate surface area is 97.9 Å². The lowest BCUT2D eigenvalue weighted by Crippen LogP contribution is -2.16. The molecule has 0 unspecified atom stereocenters. The number of hydrogen-bond acceptors (Lipinski definition) is 3. The molecule has 4 nitrogen and oxygen atoms in total. The van der Waals surface area contributed by atoms with E-state index in [1.165, 1.54) is 11.3 Å². The van der Waals surface area contributed by atoms with Gasteiger partial charge in [-0.25, -0.2) is 4.68 Å². The zero-order chi connectivity index (χ0) is 11.5. The topological polar surface area (TPSA) is 46.9 Å². The van der Waals surface area contributed by atoms with Crippen molar-refractivity contribution in [3.63, 3.8) is 0 Å². The lowest BCUT2D eigenvalue weighted by Gasteiger charge is -2.11. The van der Waals surface area contributed by atoms with Gasteiger partial charge in [0.2, 0.25) is 0 Å². The highest BCUT2D eigenvalue weighted by atomic mass is 32.1. The minimum atomic E-state index is -0.0938. The van der Waals surface area contributed by atoms with E-state index < -0.39 is 0 Å². The molecule has 0 atom stereocenters. The van der Waals surface area contributed by atoms with Crippen molar-refractivity contribution >= 4 is 23.1 Å². The molecule has 2 aromatic rings. The molecule has 0 aromatic carbocycles. The van der Waals surface area contributed by atoms with Gasteiger partial charge in [-0.3, -0.25) is 4.79 Å². The summed E-state index contributed by atoms with van der Waals surface area (Å²) < 4.78 is 1.78. The Hall–Kier alpha value is -1.62. The molecule has 1 N–H and O–H groups in total. The highest BCUT2D eigenvalue weighted by Crippen LogP contribution is 2.15. The molecule has 16 heavy (non-hydrogen) atoms. The van der Waals surface area contributed by atoms with Crippen molar-refractivity contribution in [1.82, 2.24) is 9.78 Å². The van der Waals surface area contributed by atoms with Gasteiger partial charge in [0.1, 0.15) is 5.82 Å². The van der Waals surface area contributed by atoms with E-state index in [1.807, 2.05) is 24.6 Å². The molecule has 0 aliphatic rings. The summed E-state index contributed by atoms with van der Waals surface area (Å²) in [6, 6.07) is 3.83. The third kappa shape index (κ3) is 2.14. The van der Waals surface area contributed by atoms with Gasteiger partial charge in [0.25, 0.3) is 5.91 Å². The molecular formula is C11H13N3OS. The SMILES string of the molecule is CC(C)n1nccc1NC(=O)c1ccsc1. The van der Waals surface area contributed by atoms with Crippen molar-refractivity contribution in [2.45, 2.75) is 19.9 Å². The fourth-order valence-electron chi connectivity index (χ4n) is 1.41. The number of thiophene rings is 1. The van der Waals surface area contributed by atoms with Crippen LogP contribution >= 0.6 is 11.3 Å². The second kappa shape index (κ2) is 4.49. The Morgan fingerprint density at radius 2 is 2.31 bits per heavy atom.